The first-order valence-electron chi connectivity index (χ1n) is 13.4. The van der Waals surface area contributed by atoms with Crippen molar-refractivity contribution in [1.29, 1.82) is 0 Å². The lowest BCUT2D eigenvalue weighted by Gasteiger charge is -2.25. The van der Waals surface area contributed by atoms with E-state index in [0.29, 0.717) is 16.5 Å². The third-order valence-corrected chi connectivity index (χ3v) is 8.02. The average molecular weight is 510 g/mol. The van der Waals surface area contributed by atoms with Gasteiger partial charge in [0.2, 0.25) is 0 Å². The van der Waals surface area contributed by atoms with Crippen LogP contribution in [0.2, 0.25) is 0 Å². The number of rotatable bonds is 3. The average Bonchev–Trinajstić information content (AvgIpc) is 3.34. The molecule has 1 heterocycles. The Morgan fingerprint density at radius 1 is 0.488 bits per heavy atom. The zero-order valence-electron chi connectivity index (χ0n) is 22.5. The molecule has 0 aliphatic carbocycles. The number of hydrogen-bond acceptors (Lipinski definition) is 1. The van der Waals surface area contributed by atoms with E-state index in [2.05, 4.69) is 59.2 Å². The number of hydrogen-bond donors (Lipinski definition) is 0. The van der Waals surface area contributed by atoms with E-state index in [0.717, 1.165) is 60.8 Å². The molecule has 6 aromatic carbocycles. The van der Waals surface area contributed by atoms with Crippen molar-refractivity contribution in [2.45, 2.75) is 6.92 Å². The first-order chi connectivity index (χ1) is 19.9. The molecular weight excluding hydrogens is 490 g/mol. The molecule has 0 aliphatic rings. The minimum atomic E-state index is 0.200. The highest BCUT2D eigenvalue weighted by molar-refractivity contribution is 6.69. The van der Waals surface area contributed by atoms with Gasteiger partial charge >= 0.3 is 0 Å². The second-order valence-electron chi connectivity index (χ2n) is 10.3. The zero-order valence-corrected chi connectivity index (χ0v) is 22.5. The van der Waals surface area contributed by atoms with Gasteiger partial charge < -0.3 is 0 Å². The number of aryl methyl sites for hydroxylation is 1. The fraction of sp³-hybridized carbons (Fsp3) is 0.0294. The molecule has 10 radical (unpaired) electrons. The van der Waals surface area contributed by atoms with Gasteiger partial charge in [0.25, 0.3) is 0 Å². The van der Waals surface area contributed by atoms with Crippen LogP contribution in [0.5, 0.6) is 0 Å². The molecule has 0 aliphatic heterocycles. The van der Waals surface area contributed by atoms with E-state index < -0.39 is 0 Å². The molecule has 0 bridgehead atoms. The summed E-state index contributed by atoms with van der Waals surface area (Å²) in [5.41, 5.74) is 7.99. The van der Waals surface area contributed by atoms with Gasteiger partial charge in [0.1, 0.15) is 45.1 Å². The van der Waals surface area contributed by atoms with Crippen molar-refractivity contribution in [2.24, 2.45) is 0 Å². The molecule has 0 atom stereocenters. The van der Waals surface area contributed by atoms with Crippen LogP contribution < -0.4 is 27.3 Å². The maximum absolute atomic E-state index is 6.62. The maximum atomic E-state index is 6.62. The van der Waals surface area contributed by atoms with Crippen LogP contribution in [0.3, 0.4) is 0 Å². The standard InChI is InChI=1S/C34H19B5N2/c1-18-40-24-15-7-9-17-26(24)41(18)25-16-8-6-14-23(25)27-19-10-2-4-12-21(19)28(22-13-5-3-11-20(22)27)29-30(35)32(37)34(39)33(38)31(29)36/h2-17H,1H3. The molecule has 41 heavy (non-hydrogen) atoms. The molecular formula is C34H19B5N2. The second-order valence-corrected chi connectivity index (χ2v) is 10.3. The van der Waals surface area contributed by atoms with E-state index in [-0.39, 0.29) is 16.4 Å². The molecule has 0 saturated carbocycles. The Morgan fingerprint density at radius 3 is 1.56 bits per heavy atom. The normalized spacial score (nSPS) is 11.5. The summed E-state index contributed by atoms with van der Waals surface area (Å²) >= 11 is 0. The summed E-state index contributed by atoms with van der Waals surface area (Å²) in [6, 6.07) is 33.2. The van der Waals surface area contributed by atoms with E-state index in [4.69, 9.17) is 44.2 Å². The largest absolute Gasteiger partial charge is 0.296 e. The van der Waals surface area contributed by atoms with Crippen LogP contribution in [0.15, 0.2) is 97.1 Å². The summed E-state index contributed by atoms with van der Waals surface area (Å²) < 4.78 is 2.22. The summed E-state index contributed by atoms with van der Waals surface area (Å²) in [7, 11) is 32.1. The first-order valence-corrected chi connectivity index (χ1v) is 13.4. The van der Waals surface area contributed by atoms with Crippen molar-refractivity contribution in [2.75, 3.05) is 0 Å². The van der Waals surface area contributed by atoms with E-state index in [1.54, 1.807) is 0 Å². The molecule has 0 N–H and O–H groups in total. The maximum Gasteiger partial charge on any atom is 0.113 e. The Kier molecular flexibility index (Phi) is 6.01. The fourth-order valence-electron chi connectivity index (χ4n) is 6.14. The van der Waals surface area contributed by atoms with Crippen molar-refractivity contribution in [1.82, 2.24) is 9.55 Å². The Morgan fingerprint density at radius 2 is 0.951 bits per heavy atom. The summed E-state index contributed by atoms with van der Waals surface area (Å²) in [6.45, 7) is 2.04. The smallest absolute Gasteiger partial charge is 0.113 e. The van der Waals surface area contributed by atoms with Gasteiger partial charge in [-0.05, 0) is 63.4 Å². The molecule has 2 nitrogen and oxygen atoms in total. The van der Waals surface area contributed by atoms with Crippen molar-refractivity contribution in [3.05, 3.63) is 103 Å². The molecule has 7 rings (SSSR count). The fourth-order valence-corrected chi connectivity index (χ4v) is 6.14. The molecule has 0 saturated heterocycles. The lowest BCUT2D eigenvalue weighted by atomic mass is 9.59. The highest BCUT2D eigenvalue weighted by Crippen LogP contribution is 2.44. The quantitative estimate of drug-likeness (QED) is 0.265. The predicted octanol–water partition coefficient (Wildman–Crippen LogP) is 2.94. The molecule has 0 amide bonds. The van der Waals surface area contributed by atoms with Gasteiger partial charge in [0, 0.05) is 5.56 Å². The van der Waals surface area contributed by atoms with Crippen LogP contribution in [0.4, 0.5) is 0 Å². The van der Waals surface area contributed by atoms with Crippen molar-refractivity contribution >= 4 is 99.1 Å². The van der Waals surface area contributed by atoms with Gasteiger partial charge in [-0.1, -0.05) is 89.8 Å². The van der Waals surface area contributed by atoms with E-state index in [9.17, 15) is 0 Å². The third-order valence-electron chi connectivity index (χ3n) is 8.02. The van der Waals surface area contributed by atoms with Crippen LogP contribution in [0, 0.1) is 6.92 Å². The molecule has 7 heteroatoms. The van der Waals surface area contributed by atoms with Gasteiger partial charge in [-0.25, -0.2) is 4.98 Å². The molecule has 7 aromatic rings. The zero-order chi connectivity index (χ0) is 28.4. The van der Waals surface area contributed by atoms with Gasteiger partial charge in [-0.2, -0.15) is 0 Å². The van der Waals surface area contributed by atoms with Gasteiger partial charge in [0.05, 0.1) is 16.7 Å². The summed E-state index contributed by atoms with van der Waals surface area (Å²) in [6.07, 6.45) is 0. The molecule has 0 unspecified atom stereocenters. The summed E-state index contributed by atoms with van der Waals surface area (Å²) in [5.74, 6) is 0.914. The van der Waals surface area contributed by atoms with E-state index in [1.165, 1.54) is 0 Å². The van der Waals surface area contributed by atoms with E-state index >= 15 is 0 Å². The highest BCUT2D eigenvalue weighted by Gasteiger charge is 2.22. The van der Waals surface area contributed by atoms with Crippen LogP contribution in [-0.2, 0) is 0 Å². The van der Waals surface area contributed by atoms with Crippen molar-refractivity contribution in [3.63, 3.8) is 0 Å². The number of imidazole rings is 1. The Hall–Kier alpha value is -4.37. The lowest BCUT2D eigenvalue weighted by Crippen LogP contribution is -2.55. The van der Waals surface area contributed by atoms with Crippen LogP contribution in [-0.4, -0.2) is 48.8 Å². The minimum absolute atomic E-state index is 0.200. The third kappa shape index (κ3) is 3.75. The SMILES string of the molecule is [B]c1c([B])c([B])c(-c2c3ccccc3c(-c3ccccc3-n3c(C)nc4ccccc43)c3ccccc23)c([B])c1[B]. The van der Waals surface area contributed by atoms with Gasteiger partial charge in [-0.15, -0.1) is 16.4 Å². The topological polar surface area (TPSA) is 17.8 Å². The highest BCUT2D eigenvalue weighted by atomic mass is 15.1. The monoisotopic (exact) mass is 510 g/mol. The lowest BCUT2D eigenvalue weighted by molar-refractivity contribution is 1.00. The van der Waals surface area contributed by atoms with E-state index in [1.807, 2.05) is 49.4 Å². The van der Waals surface area contributed by atoms with Crippen molar-refractivity contribution < 1.29 is 0 Å². The Balaban J connectivity index is 1.65. The molecule has 0 fully saturated rings. The number of fused-ring (bicyclic) bond motifs is 3. The number of aromatic nitrogens is 2. The summed E-state index contributed by atoms with van der Waals surface area (Å²) in [4.78, 5) is 4.85. The van der Waals surface area contributed by atoms with Crippen molar-refractivity contribution in [3.8, 4) is 27.9 Å². The van der Waals surface area contributed by atoms with Crippen LogP contribution in [0.1, 0.15) is 5.82 Å². The minimum Gasteiger partial charge on any atom is -0.296 e. The predicted molar refractivity (Wildman–Crippen MR) is 179 cm³/mol. The number of nitrogens with zero attached hydrogens (tertiary/aromatic N) is 2. The first kappa shape index (κ1) is 25.6. The van der Waals surface area contributed by atoms with Gasteiger partial charge in [-0.3, -0.25) is 4.57 Å². The summed E-state index contributed by atoms with van der Waals surface area (Å²) in [5, 5.41) is 4.04. The Bertz CT molecular complexity index is 2100. The Labute approximate surface area is 245 Å². The second kappa shape index (κ2) is 9.63. The van der Waals surface area contributed by atoms with Crippen LogP contribution >= 0.6 is 0 Å². The number of benzene rings is 6. The van der Waals surface area contributed by atoms with Gasteiger partial charge in [0.15, 0.2) is 0 Å². The molecule has 1 aromatic heterocycles. The molecule has 0 spiro atoms. The number of para-hydroxylation sites is 3. The molecule has 180 valence electrons. The van der Waals surface area contributed by atoms with Crippen LogP contribution in [0.25, 0.3) is 60.5 Å².